The van der Waals surface area contributed by atoms with Crippen LogP contribution in [0.5, 0.6) is 5.75 Å². The zero-order valence-corrected chi connectivity index (χ0v) is 21.3. The van der Waals surface area contributed by atoms with Crippen LogP contribution in [-0.2, 0) is 16.6 Å². The fraction of sp³-hybridized carbons (Fsp3) is 0.364. The first-order valence-corrected chi connectivity index (χ1v) is 13.7. The van der Waals surface area contributed by atoms with Gasteiger partial charge in [0.1, 0.15) is 10.8 Å². The molecule has 0 spiro atoms. The lowest BCUT2D eigenvalue weighted by atomic mass is 10.2. The van der Waals surface area contributed by atoms with E-state index < -0.39 is 34.6 Å². The van der Waals surface area contributed by atoms with Gasteiger partial charge >= 0.3 is 6.36 Å². The fourth-order valence-corrected chi connectivity index (χ4v) is 7.68. The number of halogens is 6. The third kappa shape index (κ3) is 6.43. The maximum Gasteiger partial charge on any atom is 0.573 e. The highest BCUT2D eigenvalue weighted by Crippen LogP contribution is 2.43. The minimum absolute atomic E-state index is 0.0602. The van der Waals surface area contributed by atoms with Crippen molar-refractivity contribution in [3.05, 3.63) is 58.6 Å². The van der Waals surface area contributed by atoms with Crippen LogP contribution in [0.3, 0.4) is 0 Å². The molecule has 1 aliphatic heterocycles. The van der Waals surface area contributed by atoms with Crippen molar-refractivity contribution in [2.24, 2.45) is 0 Å². The molecule has 0 radical (unpaired) electrons. The van der Waals surface area contributed by atoms with Crippen LogP contribution in [0.4, 0.5) is 27.0 Å². The molecule has 0 atom stereocenters. The van der Waals surface area contributed by atoms with Crippen molar-refractivity contribution in [2.45, 2.75) is 25.3 Å². The lowest BCUT2D eigenvalue weighted by Gasteiger charge is -2.25. The zero-order chi connectivity index (χ0) is 25.4. The number of sulfonamides is 1. The molecular weight excluding hydrogens is 579 g/mol. The molecule has 5 nitrogen and oxygen atoms in total. The predicted octanol–water partition coefficient (Wildman–Crippen LogP) is 6.24. The molecule has 190 valence electrons. The summed E-state index contributed by atoms with van der Waals surface area (Å²) in [5.41, 5.74) is 0.431. The van der Waals surface area contributed by atoms with Crippen molar-refractivity contribution in [3.63, 3.8) is 0 Å². The predicted molar refractivity (Wildman–Crippen MR) is 129 cm³/mol. The van der Waals surface area contributed by atoms with Crippen LogP contribution in [0, 0.1) is 0 Å². The van der Waals surface area contributed by atoms with Gasteiger partial charge in [-0.15, -0.1) is 24.5 Å². The van der Waals surface area contributed by atoms with Crippen LogP contribution in [-0.4, -0.2) is 51.0 Å². The van der Waals surface area contributed by atoms with E-state index in [0.29, 0.717) is 15.0 Å². The van der Waals surface area contributed by atoms with Crippen molar-refractivity contribution >= 4 is 52.4 Å². The molecule has 0 unspecified atom stereocenters. The monoisotopic (exact) mass is 598 g/mol. The van der Waals surface area contributed by atoms with Crippen molar-refractivity contribution in [3.8, 4) is 5.75 Å². The average Bonchev–Trinajstić information content (AvgIpc) is 3.29. The smallest absolute Gasteiger partial charge is 0.406 e. The molecule has 1 aromatic heterocycles. The number of hydrogen-bond donors (Lipinski definition) is 0. The number of nitrogens with zero attached hydrogens (tertiary/aromatic N) is 2. The van der Waals surface area contributed by atoms with E-state index in [0.717, 1.165) is 22.2 Å². The molecule has 13 heteroatoms. The topological polar surface area (TPSA) is 49.9 Å². The molecule has 0 amide bonds. The first-order valence-electron chi connectivity index (χ1n) is 10.5. The number of thiophene rings is 1. The van der Waals surface area contributed by atoms with Crippen molar-refractivity contribution in [1.29, 1.82) is 0 Å². The Morgan fingerprint density at radius 3 is 2.40 bits per heavy atom. The van der Waals surface area contributed by atoms with Crippen LogP contribution in [0.1, 0.15) is 12.0 Å². The van der Waals surface area contributed by atoms with Gasteiger partial charge in [0.05, 0.1) is 23.3 Å². The second-order valence-electron chi connectivity index (χ2n) is 8.11. The van der Waals surface area contributed by atoms with Gasteiger partial charge in [0.15, 0.2) is 0 Å². The van der Waals surface area contributed by atoms with Gasteiger partial charge in [0, 0.05) is 29.6 Å². The molecule has 1 fully saturated rings. The van der Waals surface area contributed by atoms with Crippen molar-refractivity contribution in [2.75, 3.05) is 29.7 Å². The van der Waals surface area contributed by atoms with Crippen LogP contribution < -0.4 is 9.04 Å². The largest absolute Gasteiger partial charge is 0.573 e. The molecule has 0 bridgehead atoms. The number of alkyl halides is 5. The Hall–Kier alpha value is -1.96. The number of anilines is 1. The van der Waals surface area contributed by atoms with Crippen LogP contribution in [0.25, 0.3) is 10.1 Å². The van der Waals surface area contributed by atoms with Gasteiger partial charge in [-0.05, 0) is 39.7 Å². The number of fused-ring (bicyclic) bond motifs is 1. The summed E-state index contributed by atoms with van der Waals surface area (Å²) >= 11 is 4.72. The van der Waals surface area contributed by atoms with E-state index in [9.17, 15) is 30.4 Å². The van der Waals surface area contributed by atoms with E-state index in [4.69, 9.17) is 0 Å². The Balaban J connectivity index is 1.62. The highest BCUT2D eigenvalue weighted by molar-refractivity contribution is 9.10. The molecule has 0 saturated carbocycles. The Bertz CT molecular complexity index is 1300. The summed E-state index contributed by atoms with van der Waals surface area (Å²) < 4.78 is 97.9. The van der Waals surface area contributed by atoms with Crippen LogP contribution in [0.2, 0.25) is 0 Å². The molecule has 4 rings (SSSR count). The minimum atomic E-state index is -4.84. The van der Waals surface area contributed by atoms with E-state index in [2.05, 4.69) is 20.7 Å². The standard InChI is InChI=1S/C22H20BrF5N2O3S2/c23-19-17-3-1-2-4-18(17)34-20(19)30(13-15-5-7-16(8-6-15)33-22(26,27)28)35(31,32)12-11-29-10-9-21(24,25)14-29/h1-8H,9-14H2. The van der Waals surface area contributed by atoms with Gasteiger partial charge < -0.3 is 4.74 Å². The first-order chi connectivity index (χ1) is 16.3. The fourth-order valence-electron chi connectivity index (χ4n) is 3.77. The lowest BCUT2D eigenvalue weighted by molar-refractivity contribution is -0.274. The summed E-state index contributed by atoms with van der Waals surface area (Å²) in [6, 6.07) is 12.2. The molecule has 0 aliphatic carbocycles. The third-order valence-corrected chi connectivity index (χ3v) is 9.53. The molecular formula is C22H20BrF5N2O3S2. The van der Waals surface area contributed by atoms with Gasteiger partial charge in [0.2, 0.25) is 10.0 Å². The van der Waals surface area contributed by atoms with Crippen LogP contribution >= 0.6 is 27.3 Å². The highest BCUT2D eigenvalue weighted by Gasteiger charge is 2.39. The Labute approximate surface area is 211 Å². The van der Waals surface area contributed by atoms with Crippen LogP contribution in [0.15, 0.2) is 53.0 Å². The van der Waals surface area contributed by atoms with Gasteiger partial charge in [-0.1, -0.05) is 30.3 Å². The first kappa shape index (κ1) is 26.1. The summed E-state index contributed by atoms with van der Waals surface area (Å²) in [7, 11) is -3.99. The van der Waals surface area contributed by atoms with E-state index >= 15 is 0 Å². The lowest BCUT2D eigenvalue weighted by Crippen LogP contribution is -2.37. The zero-order valence-electron chi connectivity index (χ0n) is 18.1. The number of hydrogen-bond acceptors (Lipinski definition) is 5. The summed E-state index contributed by atoms with van der Waals surface area (Å²) in [6.07, 6.45) is -5.16. The molecule has 35 heavy (non-hydrogen) atoms. The molecule has 3 aromatic rings. The van der Waals surface area contributed by atoms with Gasteiger partial charge in [0.25, 0.3) is 5.92 Å². The summed E-state index contributed by atoms with van der Waals surface area (Å²) in [6.45, 7) is -0.600. The molecule has 1 aliphatic rings. The highest BCUT2D eigenvalue weighted by atomic mass is 79.9. The van der Waals surface area contributed by atoms with Crippen molar-refractivity contribution in [1.82, 2.24) is 4.90 Å². The quantitative estimate of drug-likeness (QED) is 0.288. The van der Waals surface area contributed by atoms with Gasteiger partial charge in [-0.3, -0.25) is 9.21 Å². The molecule has 2 aromatic carbocycles. The van der Waals surface area contributed by atoms with Gasteiger partial charge in [-0.2, -0.15) is 0 Å². The van der Waals surface area contributed by atoms with E-state index in [-0.39, 0.29) is 31.8 Å². The minimum Gasteiger partial charge on any atom is -0.406 e. The number of likely N-dealkylation sites (tertiary alicyclic amines) is 1. The Morgan fingerprint density at radius 2 is 1.80 bits per heavy atom. The van der Waals surface area contributed by atoms with E-state index in [1.165, 1.54) is 32.7 Å². The molecule has 1 saturated heterocycles. The third-order valence-electron chi connectivity index (χ3n) is 5.48. The Kier molecular flexibility index (Phi) is 7.33. The van der Waals surface area contributed by atoms with E-state index in [1.807, 2.05) is 24.3 Å². The second-order valence-corrected chi connectivity index (χ2v) is 12.0. The second kappa shape index (κ2) is 9.83. The van der Waals surface area contributed by atoms with E-state index in [1.54, 1.807) is 0 Å². The van der Waals surface area contributed by atoms with Gasteiger partial charge in [-0.25, -0.2) is 17.2 Å². The number of rotatable bonds is 8. The normalized spacial score (nSPS) is 16.6. The molecule has 2 heterocycles. The average molecular weight is 599 g/mol. The number of benzene rings is 2. The summed E-state index contributed by atoms with van der Waals surface area (Å²) in [4.78, 5) is 1.42. The SMILES string of the molecule is O=S(=O)(CCN1CCC(F)(F)C1)N(Cc1ccc(OC(F)(F)F)cc1)c1sc2ccccc2c1Br. The van der Waals surface area contributed by atoms with Crippen molar-refractivity contribution < 1.29 is 35.1 Å². The molecule has 0 N–H and O–H groups in total. The summed E-state index contributed by atoms with van der Waals surface area (Å²) in [5, 5.41) is 1.20. The maximum absolute atomic E-state index is 13.5. The maximum atomic E-state index is 13.5. The Morgan fingerprint density at radius 1 is 1.11 bits per heavy atom. The number of ether oxygens (including phenoxy) is 1. The summed E-state index contributed by atoms with van der Waals surface area (Å²) in [5.74, 6) is -3.65.